The van der Waals surface area contributed by atoms with Gasteiger partial charge in [0.15, 0.2) is 5.96 Å². The molecule has 0 radical (unpaired) electrons. The molecule has 0 spiro atoms. The average molecular weight is 461 g/mol. The first kappa shape index (κ1) is 21.7. The number of likely N-dealkylation sites (tertiary alicyclic amines) is 1. The standard InChI is InChI=1S/C18H27N3O3.HI/c1-13-10-21(11-16(13)17(22)24-4)18(19-2)20-9-14-7-5-6-8-15(14)12-23-3;/h5-8,13,16H,9-12H2,1-4H3,(H,19,20);1H. The van der Waals surface area contributed by atoms with E-state index in [4.69, 9.17) is 9.47 Å². The summed E-state index contributed by atoms with van der Waals surface area (Å²) >= 11 is 0. The lowest BCUT2D eigenvalue weighted by atomic mass is 9.99. The molecule has 1 heterocycles. The maximum absolute atomic E-state index is 11.9. The molecule has 1 saturated heterocycles. The van der Waals surface area contributed by atoms with Crippen LogP contribution in [-0.4, -0.2) is 51.2 Å². The van der Waals surface area contributed by atoms with Crippen molar-refractivity contribution in [3.63, 3.8) is 0 Å². The summed E-state index contributed by atoms with van der Waals surface area (Å²) in [4.78, 5) is 18.3. The van der Waals surface area contributed by atoms with Gasteiger partial charge in [0, 0.05) is 33.8 Å². The van der Waals surface area contributed by atoms with Crippen molar-refractivity contribution in [1.29, 1.82) is 0 Å². The van der Waals surface area contributed by atoms with Gasteiger partial charge in [0.05, 0.1) is 19.6 Å². The number of nitrogens with zero attached hydrogens (tertiary/aromatic N) is 2. The third kappa shape index (κ3) is 5.57. The first-order chi connectivity index (χ1) is 11.6. The number of benzene rings is 1. The van der Waals surface area contributed by atoms with Crippen LogP contribution in [0.15, 0.2) is 29.3 Å². The molecule has 6 nitrogen and oxygen atoms in total. The Morgan fingerprint density at radius 2 is 1.96 bits per heavy atom. The van der Waals surface area contributed by atoms with Crippen molar-refractivity contribution in [2.75, 3.05) is 34.4 Å². The van der Waals surface area contributed by atoms with E-state index in [2.05, 4.69) is 34.3 Å². The molecule has 1 aliphatic heterocycles. The lowest BCUT2D eigenvalue weighted by Gasteiger charge is -2.22. The van der Waals surface area contributed by atoms with Gasteiger partial charge in [0.2, 0.25) is 0 Å². The summed E-state index contributed by atoms with van der Waals surface area (Å²) in [6.45, 7) is 4.75. The molecule has 140 valence electrons. The van der Waals surface area contributed by atoms with Gasteiger partial charge in [-0.2, -0.15) is 0 Å². The van der Waals surface area contributed by atoms with E-state index in [0.29, 0.717) is 19.7 Å². The summed E-state index contributed by atoms with van der Waals surface area (Å²) in [6, 6.07) is 8.17. The number of rotatable bonds is 5. The topological polar surface area (TPSA) is 63.2 Å². The van der Waals surface area contributed by atoms with E-state index < -0.39 is 0 Å². The largest absolute Gasteiger partial charge is 0.469 e. The average Bonchev–Trinajstić information content (AvgIpc) is 2.98. The normalized spacial score (nSPS) is 20.2. The monoisotopic (exact) mass is 461 g/mol. The minimum Gasteiger partial charge on any atom is -0.469 e. The Balaban J connectivity index is 0.00000312. The molecule has 25 heavy (non-hydrogen) atoms. The molecule has 0 saturated carbocycles. The molecule has 0 amide bonds. The van der Waals surface area contributed by atoms with Crippen LogP contribution < -0.4 is 5.32 Å². The van der Waals surface area contributed by atoms with Crippen molar-refractivity contribution in [1.82, 2.24) is 10.2 Å². The number of methoxy groups -OCH3 is 2. The Morgan fingerprint density at radius 3 is 2.56 bits per heavy atom. The van der Waals surface area contributed by atoms with Crippen LogP contribution in [0.5, 0.6) is 0 Å². The molecule has 0 aromatic heterocycles. The van der Waals surface area contributed by atoms with Gasteiger partial charge in [-0.25, -0.2) is 0 Å². The fourth-order valence-corrected chi connectivity index (χ4v) is 3.13. The highest BCUT2D eigenvalue weighted by Gasteiger charge is 2.36. The first-order valence-electron chi connectivity index (χ1n) is 8.19. The Bertz CT molecular complexity index is 595. The highest BCUT2D eigenvalue weighted by atomic mass is 127. The minimum atomic E-state index is -0.147. The fraction of sp³-hybridized carbons (Fsp3) is 0.556. The highest BCUT2D eigenvalue weighted by Crippen LogP contribution is 2.24. The second-order valence-electron chi connectivity index (χ2n) is 6.11. The predicted octanol–water partition coefficient (Wildman–Crippen LogP) is 2.27. The number of esters is 1. The van der Waals surface area contributed by atoms with Crippen LogP contribution in [0.1, 0.15) is 18.1 Å². The number of carbonyl (C=O) groups excluding carboxylic acids is 1. The molecular formula is C18H28IN3O3. The predicted molar refractivity (Wildman–Crippen MR) is 109 cm³/mol. The number of ether oxygens (including phenoxy) is 2. The molecule has 0 bridgehead atoms. The van der Waals surface area contributed by atoms with Gasteiger partial charge >= 0.3 is 5.97 Å². The van der Waals surface area contributed by atoms with Gasteiger partial charge in [0.25, 0.3) is 0 Å². The van der Waals surface area contributed by atoms with Gasteiger partial charge in [-0.05, 0) is 17.0 Å². The number of halogens is 1. The second-order valence-corrected chi connectivity index (χ2v) is 6.11. The molecule has 1 aliphatic rings. The van der Waals surface area contributed by atoms with E-state index in [1.165, 1.54) is 12.7 Å². The van der Waals surface area contributed by atoms with Crippen molar-refractivity contribution < 1.29 is 14.3 Å². The van der Waals surface area contributed by atoms with Crippen molar-refractivity contribution in [2.45, 2.75) is 20.1 Å². The zero-order chi connectivity index (χ0) is 17.5. The van der Waals surface area contributed by atoms with Gasteiger partial charge in [-0.15, -0.1) is 24.0 Å². The summed E-state index contributed by atoms with van der Waals surface area (Å²) in [5.74, 6) is 0.803. The molecule has 2 atom stereocenters. The second kappa shape index (κ2) is 10.6. The molecule has 1 N–H and O–H groups in total. The van der Waals surface area contributed by atoms with Gasteiger partial charge in [0.1, 0.15) is 0 Å². The quantitative estimate of drug-likeness (QED) is 0.316. The van der Waals surface area contributed by atoms with Crippen molar-refractivity contribution >= 4 is 35.9 Å². The SMILES string of the molecule is CN=C(NCc1ccccc1COC)N1CC(C)C(C(=O)OC)C1.I. The van der Waals surface area contributed by atoms with E-state index in [1.807, 2.05) is 12.1 Å². The van der Waals surface area contributed by atoms with Crippen LogP contribution in [0.4, 0.5) is 0 Å². The first-order valence-corrected chi connectivity index (χ1v) is 8.19. The molecular weight excluding hydrogens is 433 g/mol. The summed E-state index contributed by atoms with van der Waals surface area (Å²) in [5.41, 5.74) is 2.34. The van der Waals surface area contributed by atoms with E-state index in [-0.39, 0.29) is 41.8 Å². The van der Waals surface area contributed by atoms with Crippen LogP contribution in [-0.2, 0) is 27.4 Å². The van der Waals surface area contributed by atoms with E-state index >= 15 is 0 Å². The summed E-state index contributed by atoms with van der Waals surface area (Å²) in [5, 5.41) is 3.39. The lowest BCUT2D eigenvalue weighted by Crippen LogP contribution is -2.40. The summed E-state index contributed by atoms with van der Waals surface area (Å²) in [6.07, 6.45) is 0. The van der Waals surface area contributed by atoms with Crippen LogP contribution in [0, 0.1) is 11.8 Å². The van der Waals surface area contributed by atoms with Crippen molar-refractivity contribution in [2.24, 2.45) is 16.8 Å². The van der Waals surface area contributed by atoms with Crippen LogP contribution in [0.2, 0.25) is 0 Å². The van der Waals surface area contributed by atoms with Crippen LogP contribution in [0.3, 0.4) is 0 Å². The van der Waals surface area contributed by atoms with E-state index in [1.54, 1.807) is 14.2 Å². The zero-order valence-electron chi connectivity index (χ0n) is 15.3. The number of aliphatic imine (C=N–C) groups is 1. The van der Waals surface area contributed by atoms with E-state index in [9.17, 15) is 4.79 Å². The van der Waals surface area contributed by atoms with Gasteiger partial charge < -0.3 is 19.7 Å². The van der Waals surface area contributed by atoms with Crippen molar-refractivity contribution in [3.05, 3.63) is 35.4 Å². The Morgan fingerprint density at radius 1 is 1.28 bits per heavy atom. The number of hydrogen-bond donors (Lipinski definition) is 1. The Kier molecular flexibility index (Phi) is 9.20. The Labute approximate surface area is 167 Å². The maximum Gasteiger partial charge on any atom is 0.310 e. The third-order valence-corrected chi connectivity index (χ3v) is 4.48. The molecule has 7 heteroatoms. The van der Waals surface area contributed by atoms with Crippen molar-refractivity contribution in [3.8, 4) is 0 Å². The number of carbonyl (C=O) groups is 1. The number of nitrogens with one attached hydrogen (secondary N) is 1. The summed E-state index contributed by atoms with van der Waals surface area (Å²) < 4.78 is 10.1. The maximum atomic E-state index is 11.9. The molecule has 1 aromatic rings. The molecule has 1 fully saturated rings. The number of guanidine groups is 1. The smallest absolute Gasteiger partial charge is 0.310 e. The molecule has 2 rings (SSSR count). The summed E-state index contributed by atoms with van der Waals surface area (Å²) in [7, 11) is 4.90. The van der Waals surface area contributed by atoms with Crippen LogP contribution in [0.25, 0.3) is 0 Å². The highest BCUT2D eigenvalue weighted by molar-refractivity contribution is 14.0. The molecule has 0 aliphatic carbocycles. The molecule has 2 unspecified atom stereocenters. The van der Waals surface area contributed by atoms with Crippen LogP contribution >= 0.6 is 24.0 Å². The minimum absolute atomic E-state index is 0. The fourth-order valence-electron chi connectivity index (χ4n) is 3.13. The van der Waals surface area contributed by atoms with Gasteiger partial charge in [-0.1, -0.05) is 31.2 Å². The van der Waals surface area contributed by atoms with E-state index in [0.717, 1.165) is 18.1 Å². The molecule has 1 aromatic carbocycles. The van der Waals surface area contributed by atoms with Gasteiger partial charge in [-0.3, -0.25) is 9.79 Å². The third-order valence-electron chi connectivity index (χ3n) is 4.48. The lowest BCUT2D eigenvalue weighted by molar-refractivity contribution is -0.145. The Hall–Kier alpha value is -1.35. The number of hydrogen-bond acceptors (Lipinski definition) is 4. The zero-order valence-corrected chi connectivity index (χ0v) is 17.7.